The van der Waals surface area contributed by atoms with Crippen molar-refractivity contribution < 1.29 is 9.63 Å². The molecule has 0 saturated carbocycles. The van der Waals surface area contributed by atoms with E-state index in [9.17, 15) is 4.79 Å². The Balaban J connectivity index is 3.05. The summed E-state index contributed by atoms with van der Waals surface area (Å²) in [5, 5.41) is 0.128. The molecule has 0 spiro atoms. The zero-order chi connectivity index (χ0) is 9.30. The normalized spacial score (nSPS) is 10.0. The van der Waals surface area contributed by atoms with Crippen LogP contribution in [0.4, 0.5) is 0 Å². The Labute approximate surface area is 86.5 Å². The van der Waals surface area contributed by atoms with E-state index in [1.54, 1.807) is 0 Å². The zero-order valence-corrected chi connectivity index (χ0v) is 8.94. The zero-order valence-electron chi connectivity index (χ0n) is 5.84. The van der Waals surface area contributed by atoms with Gasteiger partial charge in [0.15, 0.2) is 10.3 Å². The second-order valence-electron chi connectivity index (χ2n) is 1.84. The Kier molecular flexibility index (Phi) is 2.98. The first-order valence-corrected chi connectivity index (χ1v) is 4.35. The van der Waals surface area contributed by atoms with E-state index in [0.29, 0.717) is 0 Å². The number of imidazole rings is 1. The number of carbonyl (C=O) groups is 1. The second-order valence-corrected chi connectivity index (χ2v) is 3.27. The molecule has 0 saturated heterocycles. The molecular formula is C5H3BrCl2N2O2. The highest BCUT2D eigenvalue weighted by atomic mass is 79.9. The number of hydrogen-bond acceptors (Lipinski definition) is 3. The third-order valence-electron chi connectivity index (χ3n) is 0.926. The van der Waals surface area contributed by atoms with Crippen LogP contribution >= 0.6 is 39.1 Å². The largest absolute Gasteiger partial charge is 0.333 e. The highest BCUT2D eigenvalue weighted by Crippen LogP contribution is 2.24. The van der Waals surface area contributed by atoms with Gasteiger partial charge in [-0.2, -0.15) is 0 Å². The summed E-state index contributed by atoms with van der Waals surface area (Å²) in [7, 11) is 0. The topological polar surface area (TPSA) is 44.1 Å². The summed E-state index contributed by atoms with van der Waals surface area (Å²) in [5.74, 6) is -0.508. The van der Waals surface area contributed by atoms with Crippen molar-refractivity contribution in [1.82, 2.24) is 9.71 Å². The van der Waals surface area contributed by atoms with Gasteiger partial charge in [-0.25, -0.2) is 9.78 Å². The molecule has 0 unspecified atom stereocenters. The monoisotopic (exact) mass is 272 g/mol. The minimum atomic E-state index is -0.508. The number of halogens is 3. The lowest BCUT2D eigenvalue weighted by atomic mass is 10.8. The molecule has 4 nitrogen and oxygen atoms in total. The maximum atomic E-state index is 10.5. The second kappa shape index (κ2) is 3.64. The first-order chi connectivity index (χ1) is 5.52. The summed E-state index contributed by atoms with van der Waals surface area (Å²) in [5.41, 5.74) is 0. The molecule has 0 amide bonds. The van der Waals surface area contributed by atoms with Gasteiger partial charge in [-0.1, -0.05) is 23.2 Å². The maximum Gasteiger partial charge on any atom is 0.330 e. The Hall–Kier alpha value is -0.260. The molecule has 0 N–H and O–H groups in total. The first-order valence-electron chi connectivity index (χ1n) is 2.80. The molecule has 66 valence electrons. The predicted molar refractivity (Wildman–Crippen MR) is 47.2 cm³/mol. The molecular weight excluding hydrogens is 271 g/mol. The molecule has 0 bridgehead atoms. The standard InChI is InChI=1S/C5H3BrCl2N2O2/c1-2(11)12-10-4(8)3(7)9-5(10)6/h1H3. The van der Waals surface area contributed by atoms with E-state index in [4.69, 9.17) is 23.2 Å². The molecule has 7 heteroatoms. The molecule has 0 aliphatic carbocycles. The fraction of sp³-hybridized carbons (Fsp3) is 0.200. The quantitative estimate of drug-likeness (QED) is 0.785. The van der Waals surface area contributed by atoms with Crippen molar-refractivity contribution in [1.29, 1.82) is 0 Å². The molecule has 1 heterocycles. The number of rotatable bonds is 1. The molecule has 0 radical (unpaired) electrons. The minimum absolute atomic E-state index is 0.0544. The maximum absolute atomic E-state index is 10.5. The van der Waals surface area contributed by atoms with Crippen LogP contribution in [0.1, 0.15) is 6.92 Å². The SMILES string of the molecule is CC(=O)On1c(Br)nc(Cl)c1Cl. The van der Waals surface area contributed by atoms with Crippen LogP contribution in [0.3, 0.4) is 0 Å². The van der Waals surface area contributed by atoms with Crippen molar-refractivity contribution in [3.05, 3.63) is 15.0 Å². The van der Waals surface area contributed by atoms with Gasteiger partial charge in [-0.3, -0.25) is 0 Å². The summed E-state index contributed by atoms with van der Waals surface area (Å²) >= 11 is 14.2. The van der Waals surface area contributed by atoms with Crippen LogP contribution in [0.25, 0.3) is 0 Å². The van der Waals surface area contributed by atoms with E-state index in [0.717, 1.165) is 4.73 Å². The van der Waals surface area contributed by atoms with Crippen LogP contribution in [0, 0.1) is 0 Å². The van der Waals surface area contributed by atoms with Gasteiger partial charge in [0.05, 0.1) is 0 Å². The van der Waals surface area contributed by atoms with Crippen LogP contribution in [-0.4, -0.2) is 15.7 Å². The van der Waals surface area contributed by atoms with Crippen molar-refractivity contribution in [3.63, 3.8) is 0 Å². The number of hydrogen-bond donors (Lipinski definition) is 0. The van der Waals surface area contributed by atoms with E-state index in [-0.39, 0.29) is 15.0 Å². The van der Waals surface area contributed by atoms with Crippen molar-refractivity contribution in [3.8, 4) is 0 Å². The van der Waals surface area contributed by atoms with Crippen LogP contribution in [0.2, 0.25) is 10.3 Å². The third-order valence-corrected chi connectivity index (χ3v) is 2.12. The molecule has 1 rings (SSSR count). The van der Waals surface area contributed by atoms with Crippen molar-refractivity contribution in [2.24, 2.45) is 0 Å². The summed E-state index contributed by atoms with van der Waals surface area (Å²) in [6.45, 7) is 1.25. The molecule has 0 aromatic carbocycles. The summed E-state index contributed by atoms with van der Waals surface area (Å²) in [6, 6.07) is 0. The molecule has 0 fully saturated rings. The van der Waals surface area contributed by atoms with Crippen molar-refractivity contribution >= 4 is 45.1 Å². The van der Waals surface area contributed by atoms with E-state index in [1.807, 2.05) is 0 Å². The number of carbonyl (C=O) groups excluding carboxylic acids is 1. The summed E-state index contributed by atoms with van der Waals surface area (Å²) in [4.78, 5) is 18.9. The average molecular weight is 274 g/mol. The van der Waals surface area contributed by atoms with E-state index < -0.39 is 5.97 Å². The lowest BCUT2D eigenvalue weighted by Gasteiger charge is -2.01. The van der Waals surface area contributed by atoms with Gasteiger partial charge >= 0.3 is 5.97 Å². The Morgan fingerprint density at radius 1 is 1.67 bits per heavy atom. The molecule has 1 aromatic rings. The van der Waals surface area contributed by atoms with Crippen molar-refractivity contribution in [2.45, 2.75) is 6.92 Å². The molecule has 1 aromatic heterocycles. The highest BCUT2D eigenvalue weighted by Gasteiger charge is 2.14. The van der Waals surface area contributed by atoms with E-state index in [2.05, 4.69) is 25.8 Å². The van der Waals surface area contributed by atoms with Crippen LogP contribution in [0.15, 0.2) is 4.73 Å². The lowest BCUT2D eigenvalue weighted by molar-refractivity contribution is -0.141. The Morgan fingerprint density at radius 2 is 2.25 bits per heavy atom. The smallest absolute Gasteiger partial charge is 0.330 e. The van der Waals surface area contributed by atoms with Gasteiger partial charge in [0.1, 0.15) is 0 Å². The fourth-order valence-corrected chi connectivity index (χ4v) is 1.49. The first kappa shape index (κ1) is 9.83. The molecule has 0 atom stereocenters. The molecule has 12 heavy (non-hydrogen) atoms. The minimum Gasteiger partial charge on any atom is -0.333 e. The Morgan fingerprint density at radius 3 is 2.58 bits per heavy atom. The summed E-state index contributed by atoms with van der Waals surface area (Å²) in [6.07, 6.45) is 0. The van der Waals surface area contributed by atoms with Gasteiger partial charge in [-0.15, -0.1) is 4.73 Å². The summed E-state index contributed by atoms with van der Waals surface area (Å²) < 4.78 is 1.24. The Bertz CT molecular complexity index is 325. The number of aromatic nitrogens is 2. The predicted octanol–water partition coefficient (Wildman–Crippen LogP) is 1.93. The molecule has 0 aliphatic heterocycles. The van der Waals surface area contributed by atoms with Gasteiger partial charge in [0.2, 0.25) is 4.73 Å². The van der Waals surface area contributed by atoms with Gasteiger partial charge in [-0.05, 0) is 15.9 Å². The highest BCUT2D eigenvalue weighted by molar-refractivity contribution is 9.10. The van der Waals surface area contributed by atoms with Gasteiger partial charge in [0.25, 0.3) is 0 Å². The van der Waals surface area contributed by atoms with Crippen LogP contribution < -0.4 is 4.84 Å². The number of nitrogens with zero attached hydrogens (tertiary/aromatic N) is 2. The fourth-order valence-electron chi connectivity index (χ4n) is 0.544. The van der Waals surface area contributed by atoms with E-state index in [1.165, 1.54) is 6.92 Å². The van der Waals surface area contributed by atoms with E-state index >= 15 is 0 Å². The van der Waals surface area contributed by atoms with Crippen molar-refractivity contribution in [2.75, 3.05) is 0 Å². The lowest BCUT2D eigenvalue weighted by Crippen LogP contribution is -2.16. The molecule has 0 aliphatic rings. The van der Waals surface area contributed by atoms with Crippen LogP contribution in [-0.2, 0) is 4.79 Å². The van der Waals surface area contributed by atoms with Crippen LogP contribution in [0.5, 0.6) is 0 Å². The average Bonchev–Trinajstić information content (AvgIpc) is 2.16. The van der Waals surface area contributed by atoms with Gasteiger partial charge < -0.3 is 4.84 Å². The third kappa shape index (κ3) is 1.91. The van der Waals surface area contributed by atoms with Gasteiger partial charge in [0, 0.05) is 6.92 Å².